The molecule has 1 heterocycles. The molecule has 1 aromatic rings. The molecular weight excluding hydrogens is 272 g/mol. The lowest BCUT2D eigenvalue weighted by molar-refractivity contribution is 0.685. The molecule has 0 amide bonds. The zero-order chi connectivity index (χ0) is 15.0. The molecule has 7 heteroatoms. The van der Waals surface area contributed by atoms with Crippen LogP contribution in [0.25, 0.3) is 0 Å². The molecule has 0 aliphatic heterocycles. The molecule has 0 fully saturated rings. The van der Waals surface area contributed by atoms with E-state index in [1.165, 1.54) is 0 Å². The summed E-state index contributed by atoms with van der Waals surface area (Å²) in [6.07, 6.45) is 3.25. The molecule has 0 unspecified atom stereocenters. The van der Waals surface area contributed by atoms with Crippen LogP contribution < -0.4 is 10.6 Å². The number of hydrogen-bond acceptors (Lipinski definition) is 4. The van der Waals surface area contributed by atoms with Crippen molar-refractivity contribution in [3.63, 3.8) is 0 Å². The second-order valence-electron chi connectivity index (χ2n) is 4.96. The SMILES string of the molecule is CSCCCNC(=NCc1nnc(C)n1C)NC(C)C. The Labute approximate surface area is 125 Å². The number of hydrogen-bond donors (Lipinski definition) is 2. The molecule has 0 saturated heterocycles. The van der Waals surface area contributed by atoms with Crippen molar-refractivity contribution in [2.75, 3.05) is 18.6 Å². The summed E-state index contributed by atoms with van der Waals surface area (Å²) in [5.41, 5.74) is 0. The molecule has 114 valence electrons. The maximum Gasteiger partial charge on any atom is 0.191 e. The lowest BCUT2D eigenvalue weighted by atomic mass is 10.4. The van der Waals surface area contributed by atoms with Crippen molar-refractivity contribution in [1.29, 1.82) is 0 Å². The van der Waals surface area contributed by atoms with Gasteiger partial charge in [-0.15, -0.1) is 10.2 Å². The number of nitrogens with zero attached hydrogens (tertiary/aromatic N) is 4. The largest absolute Gasteiger partial charge is 0.356 e. The van der Waals surface area contributed by atoms with Crippen LogP contribution in [0.15, 0.2) is 4.99 Å². The first-order chi connectivity index (χ1) is 9.54. The Bertz CT molecular complexity index is 426. The van der Waals surface area contributed by atoms with E-state index in [2.05, 4.69) is 45.9 Å². The fourth-order valence-corrected chi connectivity index (χ4v) is 2.02. The first kappa shape index (κ1) is 16.8. The van der Waals surface area contributed by atoms with Crippen LogP contribution in [0.1, 0.15) is 31.9 Å². The maximum absolute atomic E-state index is 4.57. The van der Waals surface area contributed by atoms with Gasteiger partial charge in [-0.25, -0.2) is 4.99 Å². The van der Waals surface area contributed by atoms with E-state index in [1.54, 1.807) is 0 Å². The van der Waals surface area contributed by atoms with E-state index in [9.17, 15) is 0 Å². The number of nitrogens with one attached hydrogen (secondary N) is 2. The Morgan fingerprint density at radius 3 is 2.70 bits per heavy atom. The van der Waals surface area contributed by atoms with Crippen molar-refractivity contribution < 1.29 is 0 Å². The Morgan fingerprint density at radius 2 is 2.15 bits per heavy atom. The van der Waals surface area contributed by atoms with Crippen molar-refractivity contribution in [2.45, 2.75) is 39.8 Å². The molecule has 0 atom stereocenters. The lowest BCUT2D eigenvalue weighted by Gasteiger charge is -2.15. The average Bonchev–Trinajstić information content (AvgIpc) is 2.71. The number of guanidine groups is 1. The summed E-state index contributed by atoms with van der Waals surface area (Å²) in [5, 5.41) is 14.8. The number of aromatic nitrogens is 3. The van der Waals surface area contributed by atoms with E-state index in [0.29, 0.717) is 12.6 Å². The smallest absolute Gasteiger partial charge is 0.191 e. The summed E-state index contributed by atoms with van der Waals surface area (Å²) >= 11 is 1.86. The third kappa shape index (κ3) is 5.81. The van der Waals surface area contributed by atoms with Gasteiger partial charge in [-0.3, -0.25) is 0 Å². The summed E-state index contributed by atoms with van der Waals surface area (Å²) in [7, 11) is 1.96. The minimum Gasteiger partial charge on any atom is -0.356 e. The van der Waals surface area contributed by atoms with Gasteiger partial charge in [-0.2, -0.15) is 11.8 Å². The van der Waals surface area contributed by atoms with E-state index in [1.807, 2.05) is 30.3 Å². The Morgan fingerprint density at radius 1 is 1.40 bits per heavy atom. The zero-order valence-electron chi connectivity index (χ0n) is 13.1. The lowest BCUT2D eigenvalue weighted by Crippen LogP contribution is -2.41. The van der Waals surface area contributed by atoms with Gasteiger partial charge in [0.15, 0.2) is 11.8 Å². The van der Waals surface area contributed by atoms with Gasteiger partial charge in [0, 0.05) is 19.6 Å². The summed E-state index contributed by atoms with van der Waals surface area (Å²) < 4.78 is 1.96. The van der Waals surface area contributed by atoms with Crippen LogP contribution in [-0.2, 0) is 13.6 Å². The highest BCUT2D eigenvalue weighted by atomic mass is 32.2. The van der Waals surface area contributed by atoms with Crippen LogP contribution in [-0.4, -0.2) is 45.3 Å². The normalized spacial score (nSPS) is 12.0. The van der Waals surface area contributed by atoms with Crippen molar-refractivity contribution in [1.82, 2.24) is 25.4 Å². The summed E-state index contributed by atoms with van der Waals surface area (Å²) in [6.45, 7) is 7.60. The van der Waals surface area contributed by atoms with Gasteiger partial charge >= 0.3 is 0 Å². The molecule has 0 spiro atoms. The predicted molar refractivity (Wildman–Crippen MR) is 86.2 cm³/mol. The van der Waals surface area contributed by atoms with E-state index >= 15 is 0 Å². The minimum atomic E-state index is 0.350. The number of thioether (sulfide) groups is 1. The molecule has 1 aromatic heterocycles. The van der Waals surface area contributed by atoms with Crippen molar-refractivity contribution in [2.24, 2.45) is 12.0 Å². The fraction of sp³-hybridized carbons (Fsp3) is 0.769. The summed E-state index contributed by atoms with van der Waals surface area (Å²) in [4.78, 5) is 4.57. The summed E-state index contributed by atoms with van der Waals surface area (Å²) in [5.74, 6) is 3.77. The van der Waals surface area contributed by atoms with Gasteiger partial charge < -0.3 is 15.2 Å². The van der Waals surface area contributed by atoms with Crippen molar-refractivity contribution in [3.05, 3.63) is 11.6 Å². The first-order valence-corrected chi connectivity index (χ1v) is 8.32. The quantitative estimate of drug-likeness (QED) is 0.451. The Hall–Kier alpha value is -1.24. The zero-order valence-corrected chi connectivity index (χ0v) is 13.9. The number of aryl methyl sites for hydroxylation is 1. The molecular formula is C13H26N6S. The van der Waals surface area contributed by atoms with Gasteiger partial charge in [0.1, 0.15) is 12.4 Å². The van der Waals surface area contributed by atoms with E-state index in [0.717, 1.165) is 36.3 Å². The first-order valence-electron chi connectivity index (χ1n) is 6.93. The molecule has 6 nitrogen and oxygen atoms in total. The number of aliphatic imine (C=N–C) groups is 1. The molecule has 0 bridgehead atoms. The van der Waals surface area contributed by atoms with Gasteiger partial charge in [0.2, 0.25) is 0 Å². The number of rotatable bonds is 7. The third-order valence-electron chi connectivity index (χ3n) is 2.80. The second kappa shape index (κ2) is 8.84. The minimum absolute atomic E-state index is 0.350. The maximum atomic E-state index is 4.57. The average molecular weight is 298 g/mol. The molecule has 0 aliphatic carbocycles. The Balaban J connectivity index is 2.57. The molecule has 0 aromatic carbocycles. The topological polar surface area (TPSA) is 67.1 Å². The third-order valence-corrected chi connectivity index (χ3v) is 3.50. The van der Waals surface area contributed by atoms with Crippen molar-refractivity contribution >= 4 is 17.7 Å². The molecule has 0 radical (unpaired) electrons. The van der Waals surface area contributed by atoms with Crippen LogP contribution >= 0.6 is 11.8 Å². The van der Waals surface area contributed by atoms with Crippen molar-refractivity contribution in [3.8, 4) is 0 Å². The molecule has 0 aliphatic rings. The van der Waals surface area contributed by atoms with Gasteiger partial charge in [-0.05, 0) is 39.2 Å². The highest BCUT2D eigenvalue weighted by molar-refractivity contribution is 7.98. The van der Waals surface area contributed by atoms with Crippen LogP contribution in [0.2, 0.25) is 0 Å². The highest BCUT2D eigenvalue weighted by Crippen LogP contribution is 1.99. The van der Waals surface area contributed by atoms with Gasteiger partial charge in [-0.1, -0.05) is 0 Å². The van der Waals surface area contributed by atoms with Crippen LogP contribution in [0.4, 0.5) is 0 Å². The van der Waals surface area contributed by atoms with Crippen LogP contribution in [0, 0.1) is 6.92 Å². The predicted octanol–water partition coefficient (Wildman–Crippen LogP) is 1.32. The molecule has 1 rings (SSSR count). The molecule has 20 heavy (non-hydrogen) atoms. The summed E-state index contributed by atoms with van der Waals surface area (Å²) in [6, 6.07) is 0.350. The molecule has 2 N–H and O–H groups in total. The van der Waals surface area contributed by atoms with E-state index < -0.39 is 0 Å². The van der Waals surface area contributed by atoms with Crippen LogP contribution in [0.5, 0.6) is 0 Å². The fourth-order valence-electron chi connectivity index (χ4n) is 1.59. The van der Waals surface area contributed by atoms with Crippen LogP contribution in [0.3, 0.4) is 0 Å². The van der Waals surface area contributed by atoms with E-state index in [4.69, 9.17) is 0 Å². The second-order valence-corrected chi connectivity index (χ2v) is 5.95. The molecule has 0 saturated carbocycles. The van der Waals surface area contributed by atoms with Gasteiger partial charge in [0.05, 0.1) is 0 Å². The standard InChI is InChI=1S/C13H26N6S/c1-10(2)16-13(14-7-6-8-20-5)15-9-12-18-17-11(3)19(12)4/h10H,6-9H2,1-5H3,(H2,14,15,16). The monoisotopic (exact) mass is 298 g/mol. The Kier molecular flexibility index (Phi) is 7.43. The van der Waals surface area contributed by atoms with E-state index in [-0.39, 0.29) is 0 Å². The van der Waals surface area contributed by atoms with Gasteiger partial charge in [0.25, 0.3) is 0 Å². The highest BCUT2D eigenvalue weighted by Gasteiger charge is 2.05.